The molecule has 8 nitrogen and oxygen atoms in total. The maximum Gasteiger partial charge on any atom is 0.419 e. The van der Waals surface area contributed by atoms with Crippen LogP contribution in [0.4, 0.5) is 46.7 Å². The van der Waals surface area contributed by atoms with E-state index in [1.54, 1.807) is 17.0 Å². The maximum atomic E-state index is 13.5. The fourth-order valence-corrected chi connectivity index (χ4v) is 4.27. The minimum absolute atomic E-state index is 0.0555. The number of aromatic nitrogens is 3. The van der Waals surface area contributed by atoms with Crippen molar-refractivity contribution in [3.8, 4) is 0 Å². The Morgan fingerprint density at radius 2 is 1.42 bits per heavy atom. The molecule has 36 heavy (non-hydrogen) atoms. The summed E-state index contributed by atoms with van der Waals surface area (Å²) in [6.07, 6.45) is -3.09. The van der Waals surface area contributed by atoms with E-state index in [0.717, 1.165) is 11.9 Å². The first-order chi connectivity index (χ1) is 17.4. The highest BCUT2D eigenvalue weighted by molar-refractivity contribution is 5.61. The van der Waals surface area contributed by atoms with E-state index in [0.29, 0.717) is 69.9 Å². The second-order valence-electron chi connectivity index (χ2n) is 8.49. The van der Waals surface area contributed by atoms with Gasteiger partial charge in [-0.25, -0.2) is 9.37 Å². The lowest BCUT2D eigenvalue weighted by Gasteiger charge is -2.37. The molecule has 0 aliphatic carbocycles. The summed E-state index contributed by atoms with van der Waals surface area (Å²) < 4.78 is 59.2. The third-order valence-electron chi connectivity index (χ3n) is 6.13. The highest BCUT2D eigenvalue weighted by atomic mass is 19.4. The molecule has 2 aliphatic heterocycles. The molecule has 3 aromatic rings. The average molecular weight is 504 g/mol. The van der Waals surface area contributed by atoms with Crippen LogP contribution in [0.25, 0.3) is 0 Å². The van der Waals surface area contributed by atoms with Crippen LogP contribution in [-0.2, 0) is 10.9 Å². The summed E-state index contributed by atoms with van der Waals surface area (Å²) in [5.74, 6) is 1.34. The lowest BCUT2D eigenvalue weighted by atomic mass is 10.2. The van der Waals surface area contributed by atoms with E-state index in [2.05, 4.69) is 25.2 Å². The van der Waals surface area contributed by atoms with E-state index >= 15 is 0 Å². The van der Waals surface area contributed by atoms with Crippen molar-refractivity contribution in [3.05, 3.63) is 60.0 Å². The van der Waals surface area contributed by atoms with Crippen molar-refractivity contribution in [2.75, 3.05) is 72.5 Å². The molecule has 4 heterocycles. The number of piperazine rings is 1. The van der Waals surface area contributed by atoms with Gasteiger partial charge in [0.2, 0.25) is 5.95 Å². The van der Waals surface area contributed by atoms with Crippen molar-refractivity contribution in [2.24, 2.45) is 0 Å². The molecule has 0 bridgehead atoms. The fraction of sp³-hybridized carbons (Fsp3) is 0.375. The zero-order chi connectivity index (χ0) is 25.1. The number of ether oxygens (including phenoxy) is 1. The van der Waals surface area contributed by atoms with Gasteiger partial charge in [-0.3, -0.25) is 0 Å². The lowest BCUT2D eigenvalue weighted by Crippen LogP contribution is -2.47. The van der Waals surface area contributed by atoms with Crippen LogP contribution in [0, 0.1) is 5.82 Å². The molecule has 190 valence electrons. The Labute approximate surface area is 205 Å². The Bertz CT molecular complexity index is 1180. The monoisotopic (exact) mass is 503 g/mol. The minimum Gasteiger partial charge on any atom is -0.378 e. The molecule has 2 fully saturated rings. The quantitative estimate of drug-likeness (QED) is 0.526. The SMILES string of the molecule is Fc1ccc(Nc2nc(N3CCOCC3)cc(N3CCN(c4ncccc4C(F)(F)F)CC3)n2)cc1. The molecule has 0 saturated carbocycles. The van der Waals surface area contributed by atoms with Gasteiger partial charge < -0.3 is 24.8 Å². The topological polar surface area (TPSA) is 69.7 Å². The van der Waals surface area contributed by atoms with Gasteiger partial charge in [0.25, 0.3) is 0 Å². The van der Waals surface area contributed by atoms with Crippen LogP contribution >= 0.6 is 0 Å². The molecule has 0 unspecified atom stereocenters. The van der Waals surface area contributed by atoms with Gasteiger partial charge in [-0.15, -0.1) is 0 Å². The summed E-state index contributed by atoms with van der Waals surface area (Å²) in [6.45, 7) is 4.18. The van der Waals surface area contributed by atoms with Crippen molar-refractivity contribution in [1.29, 1.82) is 0 Å². The Kier molecular flexibility index (Phi) is 6.77. The first-order valence-electron chi connectivity index (χ1n) is 11.6. The predicted octanol–water partition coefficient (Wildman–Crippen LogP) is 3.94. The number of benzene rings is 1. The molecule has 0 spiro atoms. The Hall–Kier alpha value is -3.67. The van der Waals surface area contributed by atoms with Gasteiger partial charge in [-0.05, 0) is 36.4 Å². The van der Waals surface area contributed by atoms with E-state index < -0.39 is 11.7 Å². The maximum absolute atomic E-state index is 13.5. The van der Waals surface area contributed by atoms with Crippen molar-refractivity contribution >= 4 is 29.1 Å². The zero-order valence-corrected chi connectivity index (χ0v) is 19.4. The molecule has 0 atom stereocenters. The Balaban J connectivity index is 1.37. The van der Waals surface area contributed by atoms with Crippen molar-refractivity contribution in [1.82, 2.24) is 15.0 Å². The molecule has 1 N–H and O–H groups in total. The Morgan fingerprint density at radius 3 is 2.06 bits per heavy atom. The first-order valence-corrected chi connectivity index (χ1v) is 11.6. The third-order valence-corrected chi connectivity index (χ3v) is 6.13. The number of anilines is 5. The summed E-state index contributed by atoms with van der Waals surface area (Å²) in [7, 11) is 0. The normalized spacial score (nSPS) is 16.8. The van der Waals surface area contributed by atoms with Gasteiger partial charge in [-0.2, -0.15) is 23.1 Å². The third kappa shape index (κ3) is 5.43. The number of hydrogen-bond acceptors (Lipinski definition) is 8. The second kappa shape index (κ2) is 10.1. The average Bonchev–Trinajstić information content (AvgIpc) is 2.90. The van der Waals surface area contributed by atoms with Gasteiger partial charge in [-0.1, -0.05) is 0 Å². The van der Waals surface area contributed by atoms with Gasteiger partial charge in [0, 0.05) is 57.2 Å². The number of morpholine rings is 1. The largest absolute Gasteiger partial charge is 0.419 e. The predicted molar refractivity (Wildman–Crippen MR) is 128 cm³/mol. The molecule has 12 heteroatoms. The number of nitrogens with one attached hydrogen (secondary N) is 1. The summed E-state index contributed by atoms with van der Waals surface area (Å²) in [6, 6.07) is 10.1. The summed E-state index contributed by atoms with van der Waals surface area (Å²) in [5, 5.41) is 3.13. The highest BCUT2D eigenvalue weighted by Gasteiger charge is 2.36. The molecular weight excluding hydrogens is 478 g/mol. The minimum atomic E-state index is -4.47. The number of alkyl halides is 3. The van der Waals surface area contributed by atoms with Crippen LogP contribution in [0.5, 0.6) is 0 Å². The van der Waals surface area contributed by atoms with Crippen LogP contribution in [0.15, 0.2) is 48.7 Å². The van der Waals surface area contributed by atoms with E-state index in [1.807, 2.05) is 11.0 Å². The zero-order valence-electron chi connectivity index (χ0n) is 19.4. The first kappa shape index (κ1) is 24.0. The fourth-order valence-electron chi connectivity index (χ4n) is 4.27. The van der Waals surface area contributed by atoms with Gasteiger partial charge >= 0.3 is 6.18 Å². The van der Waals surface area contributed by atoms with Crippen molar-refractivity contribution < 1.29 is 22.3 Å². The van der Waals surface area contributed by atoms with Crippen LogP contribution in [0.2, 0.25) is 0 Å². The van der Waals surface area contributed by atoms with E-state index in [-0.39, 0.29) is 11.6 Å². The van der Waals surface area contributed by atoms with Crippen LogP contribution < -0.4 is 20.0 Å². The van der Waals surface area contributed by atoms with Gasteiger partial charge in [0.1, 0.15) is 23.3 Å². The highest BCUT2D eigenvalue weighted by Crippen LogP contribution is 2.35. The van der Waals surface area contributed by atoms with Gasteiger partial charge in [0.05, 0.1) is 18.8 Å². The van der Waals surface area contributed by atoms with Crippen molar-refractivity contribution in [3.63, 3.8) is 0 Å². The molecule has 2 aliphatic rings. The number of pyridine rings is 1. The van der Waals surface area contributed by atoms with E-state index in [4.69, 9.17) is 4.74 Å². The summed E-state index contributed by atoms with van der Waals surface area (Å²) in [5.41, 5.74) is -0.0954. The van der Waals surface area contributed by atoms with E-state index in [9.17, 15) is 17.6 Å². The molecule has 5 rings (SSSR count). The summed E-state index contributed by atoms with van der Waals surface area (Å²) in [4.78, 5) is 19.1. The van der Waals surface area contributed by atoms with Gasteiger partial charge in [0.15, 0.2) is 0 Å². The smallest absolute Gasteiger partial charge is 0.378 e. The molecular formula is C24H25F4N7O. The van der Waals surface area contributed by atoms with Crippen molar-refractivity contribution in [2.45, 2.75) is 6.18 Å². The number of rotatable bonds is 5. The molecule has 2 aromatic heterocycles. The van der Waals surface area contributed by atoms with Crippen LogP contribution in [0.3, 0.4) is 0 Å². The van der Waals surface area contributed by atoms with E-state index in [1.165, 1.54) is 24.4 Å². The Morgan fingerprint density at radius 1 is 0.806 bits per heavy atom. The lowest BCUT2D eigenvalue weighted by molar-refractivity contribution is -0.137. The molecule has 0 radical (unpaired) electrons. The second-order valence-corrected chi connectivity index (χ2v) is 8.49. The summed E-state index contributed by atoms with van der Waals surface area (Å²) >= 11 is 0. The number of hydrogen-bond donors (Lipinski definition) is 1. The molecule has 1 aromatic carbocycles. The number of halogens is 4. The van der Waals surface area contributed by atoms with Crippen LogP contribution in [0.1, 0.15) is 5.56 Å². The molecule has 2 saturated heterocycles. The number of nitrogens with zero attached hydrogens (tertiary/aromatic N) is 6. The standard InChI is InChI=1S/C24H25F4N7O/c25-17-3-5-18(6-4-17)30-23-31-20(16-21(32-23)34-12-14-36-15-13-34)33-8-10-35(11-9-33)22-19(24(26,27)28)2-1-7-29-22/h1-7,16H,8-15H2,(H,30,31,32). The van der Waals surface area contributed by atoms with Crippen LogP contribution in [-0.4, -0.2) is 67.4 Å². The molecule has 0 amide bonds.